The topological polar surface area (TPSA) is 134 Å². The fraction of sp³-hybridized carbons (Fsp3) is 0.241. The van der Waals surface area contributed by atoms with Gasteiger partial charge in [0, 0.05) is 36.9 Å². The van der Waals surface area contributed by atoms with Crippen LogP contribution in [0.5, 0.6) is 11.5 Å². The number of aryl methyl sites for hydroxylation is 1. The molecule has 0 saturated carbocycles. The molecule has 5 N–H and O–H groups in total. The van der Waals surface area contributed by atoms with Gasteiger partial charge < -0.3 is 26.3 Å². The molecule has 2 aromatic carbocycles. The predicted octanol–water partition coefficient (Wildman–Crippen LogP) is 5.65. The summed E-state index contributed by atoms with van der Waals surface area (Å²) in [7, 11) is 3.26. The number of nitrogen functional groups attached to an aromatic ring is 1. The molecule has 0 saturated heterocycles. The van der Waals surface area contributed by atoms with E-state index in [2.05, 4.69) is 22.2 Å². The fourth-order valence-corrected chi connectivity index (χ4v) is 3.50. The molecule has 3 rings (SSSR count). The van der Waals surface area contributed by atoms with Crippen molar-refractivity contribution in [3.05, 3.63) is 88.8 Å². The maximum atomic E-state index is 12.4. The lowest BCUT2D eigenvalue weighted by Crippen LogP contribution is -2.14. The highest BCUT2D eigenvalue weighted by Crippen LogP contribution is 2.31. The molecule has 8 nitrogen and oxygen atoms in total. The lowest BCUT2D eigenvalue weighted by atomic mass is 10.0. The van der Waals surface area contributed by atoms with Crippen LogP contribution in [0.1, 0.15) is 54.2 Å². The van der Waals surface area contributed by atoms with Crippen molar-refractivity contribution in [2.45, 2.75) is 33.6 Å². The summed E-state index contributed by atoms with van der Waals surface area (Å²) in [6, 6.07) is 12.5. The number of phenols is 1. The van der Waals surface area contributed by atoms with Gasteiger partial charge in [-0.1, -0.05) is 25.5 Å². The third kappa shape index (κ3) is 7.51. The summed E-state index contributed by atoms with van der Waals surface area (Å²) in [5.41, 5.74) is 10.2. The average molecular weight is 502 g/mol. The Kier molecular flexibility index (Phi) is 11.0. The van der Waals surface area contributed by atoms with Crippen LogP contribution < -0.4 is 15.8 Å². The van der Waals surface area contributed by atoms with Gasteiger partial charge in [-0.05, 0) is 67.8 Å². The van der Waals surface area contributed by atoms with Crippen LogP contribution in [0, 0.1) is 5.41 Å². The van der Waals surface area contributed by atoms with Crippen molar-refractivity contribution < 1.29 is 14.6 Å². The first kappa shape index (κ1) is 28.8. The van der Waals surface area contributed by atoms with Gasteiger partial charge in [-0.3, -0.25) is 14.8 Å². The minimum absolute atomic E-state index is 0.0395. The number of nitrogens with two attached hydrogens (primary N) is 1. The summed E-state index contributed by atoms with van der Waals surface area (Å²) < 4.78 is 5.34. The van der Waals surface area contributed by atoms with E-state index in [1.807, 2.05) is 38.1 Å². The number of aromatic nitrogens is 1. The summed E-state index contributed by atoms with van der Waals surface area (Å²) in [6.45, 7) is 5.96. The van der Waals surface area contributed by atoms with E-state index in [-0.39, 0.29) is 11.5 Å². The number of nitrogens with one attached hydrogen (secondary N) is 2. The van der Waals surface area contributed by atoms with Gasteiger partial charge in [-0.25, -0.2) is 0 Å². The number of hydrogen-bond donors (Lipinski definition) is 4. The van der Waals surface area contributed by atoms with Crippen molar-refractivity contribution in [3.63, 3.8) is 0 Å². The lowest BCUT2D eigenvalue weighted by molar-refractivity contribution is 0.103. The second-order valence-electron chi connectivity index (χ2n) is 8.13. The van der Waals surface area contributed by atoms with Crippen LogP contribution in [0.4, 0.5) is 11.4 Å². The molecule has 0 spiro atoms. The van der Waals surface area contributed by atoms with Gasteiger partial charge in [-0.2, -0.15) is 0 Å². The van der Waals surface area contributed by atoms with Crippen LogP contribution in [0.3, 0.4) is 0 Å². The van der Waals surface area contributed by atoms with Crippen LogP contribution in [0.2, 0.25) is 0 Å². The second-order valence-corrected chi connectivity index (χ2v) is 8.13. The van der Waals surface area contributed by atoms with Gasteiger partial charge in [0.05, 0.1) is 23.9 Å². The molecule has 0 radical (unpaired) electrons. The predicted molar refractivity (Wildman–Crippen MR) is 151 cm³/mol. The van der Waals surface area contributed by atoms with Gasteiger partial charge in [0.2, 0.25) is 0 Å². The molecule has 194 valence electrons. The van der Waals surface area contributed by atoms with Crippen molar-refractivity contribution in [3.8, 4) is 11.5 Å². The van der Waals surface area contributed by atoms with E-state index >= 15 is 0 Å². The Morgan fingerprint density at radius 1 is 1.22 bits per heavy atom. The number of amidine groups is 1. The van der Waals surface area contributed by atoms with Crippen LogP contribution in [-0.2, 0) is 6.42 Å². The number of methoxy groups -OCH3 is 1. The Morgan fingerprint density at radius 2 is 1.92 bits per heavy atom. The smallest absolute Gasteiger partial charge is 0.196 e. The summed E-state index contributed by atoms with van der Waals surface area (Å²) >= 11 is 0. The third-order valence-corrected chi connectivity index (χ3v) is 5.67. The van der Waals surface area contributed by atoms with Crippen LogP contribution in [0.25, 0.3) is 0 Å². The summed E-state index contributed by atoms with van der Waals surface area (Å²) in [4.78, 5) is 20.4. The van der Waals surface area contributed by atoms with E-state index in [0.717, 1.165) is 24.6 Å². The van der Waals surface area contributed by atoms with Gasteiger partial charge in [0.15, 0.2) is 5.78 Å². The number of ketones is 1. The first-order chi connectivity index (χ1) is 17.8. The molecular formula is C29H35N5O3. The average Bonchev–Trinajstić information content (AvgIpc) is 2.93. The van der Waals surface area contributed by atoms with Gasteiger partial charge in [-0.15, -0.1) is 0 Å². The maximum absolute atomic E-state index is 12.4. The Balaban J connectivity index is 0.000000261. The highest BCUT2D eigenvalue weighted by atomic mass is 16.5. The van der Waals surface area contributed by atoms with E-state index < -0.39 is 0 Å². The van der Waals surface area contributed by atoms with Gasteiger partial charge in [0.25, 0.3) is 0 Å². The number of anilines is 2. The standard InChI is InChI=1S/C16H17NO2.C13H18N4O/c1-3-4-12-5-6-14(15(11-12)19-2)16(18)13-7-9-17-10-8-13;1-4-8(2)13(16-3)17-11-6-5-10(15)9(7-14)12(11)18/h5-11H,3-4H2,1-2H3;4-7,14,18H,15H2,1-3H3,(H,16,17)/b;8-4-,14-7?. The fourth-order valence-electron chi connectivity index (χ4n) is 3.50. The van der Waals surface area contributed by atoms with E-state index in [0.29, 0.717) is 39.7 Å². The Bertz CT molecular complexity index is 1280. The number of ether oxygens (including phenoxy) is 1. The third-order valence-electron chi connectivity index (χ3n) is 5.67. The van der Waals surface area contributed by atoms with E-state index in [4.69, 9.17) is 15.9 Å². The molecule has 0 aliphatic rings. The van der Waals surface area contributed by atoms with E-state index in [9.17, 15) is 9.90 Å². The molecule has 0 fully saturated rings. The molecule has 1 heterocycles. The van der Waals surface area contributed by atoms with Gasteiger partial charge in [0.1, 0.15) is 17.3 Å². The second kappa shape index (κ2) is 14.2. The van der Waals surface area contributed by atoms with Crippen molar-refractivity contribution in [2.24, 2.45) is 4.99 Å². The Labute approximate surface area is 218 Å². The minimum atomic E-state index is -0.0462. The number of hydrogen-bond acceptors (Lipinski definition) is 7. The van der Waals surface area contributed by atoms with Crippen LogP contribution in [0.15, 0.2) is 71.5 Å². The zero-order valence-corrected chi connectivity index (χ0v) is 22.0. The van der Waals surface area contributed by atoms with Gasteiger partial charge >= 0.3 is 0 Å². The Hall–Kier alpha value is -4.46. The first-order valence-electron chi connectivity index (χ1n) is 11.9. The van der Waals surface area contributed by atoms with Crippen molar-refractivity contribution in [1.82, 2.24) is 4.98 Å². The number of aromatic hydroxyl groups is 1. The summed E-state index contributed by atoms with van der Waals surface area (Å²) in [5.74, 6) is 1.21. The molecule has 8 heteroatoms. The number of pyridine rings is 1. The van der Waals surface area contributed by atoms with E-state index in [1.165, 1.54) is 5.56 Å². The number of carbonyl (C=O) groups is 1. The van der Waals surface area contributed by atoms with E-state index in [1.54, 1.807) is 50.8 Å². The number of benzene rings is 2. The molecule has 0 unspecified atom stereocenters. The molecule has 0 atom stereocenters. The first-order valence-corrected chi connectivity index (χ1v) is 11.9. The zero-order valence-electron chi connectivity index (χ0n) is 22.0. The molecule has 0 aliphatic heterocycles. The summed E-state index contributed by atoms with van der Waals surface area (Å²) in [6.07, 6.45) is 8.24. The largest absolute Gasteiger partial charge is 0.505 e. The molecule has 3 aromatic rings. The number of rotatable bonds is 8. The van der Waals surface area contributed by atoms with Crippen molar-refractivity contribution in [1.29, 1.82) is 5.41 Å². The highest BCUT2D eigenvalue weighted by Gasteiger charge is 2.15. The quantitative estimate of drug-likeness (QED) is 0.104. The SMILES string of the molecule is C/C=C(/C)C(=NC)Nc1ccc(N)c(C=N)c1O.CCCc1ccc(C(=O)c2ccncc2)c(OC)c1. The lowest BCUT2D eigenvalue weighted by Gasteiger charge is -2.13. The number of aliphatic imine (C=N–C) groups is 1. The maximum Gasteiger partial charge on any atom is 0.196 e. The molecule has 0 amide bonds. The molecule has 1 aromatic heterocycles. The zero-order chi connectivity index (χ0) is 27.4. The molecule has 0 bridgehead atoms. The molecule has 0 aliphatic carbocycles. The van der Waals surface area contributed by atoms with Crippen molar-refractivity contribution in [2.75, 3.05) is 25.2 Å². The number of nitrogens with zero attached hydrogens (tertiary/aromatic N) is 2. The van der Waals surface area contributed by atoms with Crippen LogP contribution in [-0.4, -0.2) is 42.1 Å². The monoisotopic (exact) mass is 501 g/mol. The molecule has 37 heavy (non-hydrogen) atoms. The van der Waals surface area contributed by atoms with Crippen LogP contribution >= 0.6 is 0 Å². The van der Waals surface area contributed by atoms with Crippen molar-refractivity contribution >= 4 is 29.2 Å². The molecular weight excluding hydrogens is 466 g/mol. The highest BCUT2D eigenvalue weighted by molar-refractivity contribution is 6.11. The normalized spacial score (nSPS) is 11.3. The minimum Gasteiger partial charge on any atom is -0.505 e. The summed E-state index contributed by atoms with van der Waals surface area (Å²) in [5, 5.41) is 20.3. The Morgan fingerprint density at radius 3 is 2.49 bits per heavy atom. The number of allylic oxidation sites excluding steroid dienone is 1. The number of phenolic OH excluding ortho intramolecular Hbond substituents is 1. The number of carbonyl (C=O) groups excluding carboxylic acids is 1.